The molecule has 5 heteroatoms. The first-order valence-corrected chi connectivity index (χ1v) is 8.88. The van der Waals surface area contributed by atoms with Crippen LogP contribution in [-0.4, -0.2) is 24.9 Å². The minimum absolute atomic E-state index is 0.0305. The summed E-state index contributed by atoms with van der Waals surface area (Å²) in [4.78, 5) is 26.6. The Morgan fingerprint density at radius 2 is 1.83 bits per heavy atom. The van der Waals surface area contributed by atoms with Crippen LogP contribution >= 0.6 is 11.3 Å². The van der Waals surface area contributed by atoms with E-state index in [1.807, 2.05) is 29.6 Å². The van der Waals surface area contributed by atoms with Gasteiger partial charge in [0.2, 0.25) is 5.91 Å². The van der Waals surface area contributed by atoms with Crippen molar-refractivity contribution in [1.82, 2.24) is 5.32 Å². The molecule has 0 spiro atoms. The molecule has 1 heterocycles. The van der Waals surface area contributed by atoms with Crippen LogP contribution < -0.4 is 10.2 Å². The van der Waals surface area contributed by atoms with Crippen LogP contribution in [0.15, 0.2) is 41.8 Å². The first kappa shape index (κ1) is 18.2. The van der Waals surface area contributed by atoms with E-state index in [0.29, 0.717) is 18.0 Å². The van der Waals surface area contributed by atoms with Crippen molar-refractivity contribution in [3.63, 3.8) is 0 Å². The second-order valence-corrected chi connectivity index (χ2v) is 7.62. The third-order valence-corrected chi connectivity index (χ3v) is 4.62. The molecule has 1 aromatic carbocycles. The molecule has 24 heavy (non-hydrogen) atoms. The van der Waals surface area contributed by atoms with Gasteiger partial charge in [-0.2, -0.15) is 0 Å². The van der Waals surface area contributed by atoms with E-state index in [0.717, 1.165) is 11.3 Å². The monoisotopic (exact) mass is 344 g/mol. The van der Waals surface area contributed by atoms with Crippen LogP contribution in [0.5, 0.6) is 0 Å². The van der Waals surface area contributed by atoms with Crippen molar-refractivity contribution in [2.45, 2.75) is 33.1 Å². The first-order valence-electron chi connectivity index (χ1n) is 8.00. The molecule has 0 aliphatic carbocycles. The van der Waals surface area contributed by atoms with Gasteiger partial charge in [-0.15, -0.1) is 11.3 Å². The van der Waals surface area contributed by atoms with Gasteiger partial charge < -0.3 is 10.2 Å². The number of amides is 2. The third kappa shape index (κ3) is 4.45. The predicted molar refractivity (Wildman–Crippen MR) is 99.8 cm³/mol. The van der Waals surface area contributed by atoms with Crippen LogP contribution in [0.4, 0.5) is 5.69 Å². The summed E-state index contributed by atoms with van der Waals surface area (Å²) in [6.07, 6.45) is 0. The standard InChI is InChI=1S/C19H24N2O2S/c1-14(22)21(12-11-20-18(23)17-10-7-13-24-17)16-9-6-5-8-15(16)19(2,3)4/h5-10,13H,11-12H2,1-4H3,(H,20,23). The number of hydrogen-bond acceptors (Lipinski definition) is 3. The van der Waals surface area contributed by atoms with E-state index < -0.39 is 0 Å². The molecule has 128 valence electrons. The highest BCUT2D eigenvalue weighted by Crippen LogP contribution is 2.31. The van der Waals surface area contributed by atoms with Crippen molar-refractivity contribution >= 4 is 28.8 Å². The fraction of sp³-hybridized carbons (Fsp3) is 0.368. The lowest BCUT2D eigenvalue weighted by molar-refractivity contribution is -0.116. The van der Waals surface area contributed by atoms with Gasteiger partial charge in [0.25, 0.3) is 5.91 Å². The number of anilines is 1. The summed E-state index contributed by atoms with van der Waals surface area (Å²) >= 11 is 1.41. The first-order chi connectivity index (χ1) is 11.3. The second-order valence-electron chi connectivity index (χ2n) is 6.67. The summed E-state index contributed by atoms with van der Waals surface area (Å²) in [5.74, 6) is -0.130. The van der Waals surface area contributed by atoms with Crippen molar-refractivity contribution in [3.05, 3.63) is 52.2 Å². The van der Waals surface area contributed by atoms with Crippen molar-refractivity contribution in [3.8, 4) is 0 Å². The highest BCUT2D eigenvalue weighted by atomic mass is 32.1. The number of benzene rings is 1. The van der Waals surface area contributed by atoms with Crippen LogP contribution in [0.2, 0.25) is 0 Å². The molecule has 0 saturated carbocycles. The van der Waals surface area contributed by atoms with Gasteiger partial charge in [0.15, 0.2) is 0 Å². The average Bonchev–Trinajstić information content (AvgIpc) is 3.04. The Hall–Kier alpha value is -2.14. The number of nitrogens with zero attached hydrogens (tertiary/aromatic N) is 1. The molecule has 2 amide bonds. The average molecular weight is 344 g/mol. The number of para-hydroxylation sites is 1. The Balaban J connectivity index is 2.11. The fourth-order valence-corrected chi connectivity index (χ4v) is 3.21. The third-order valence-electron chi connectivity index (χ3n) is 3.75. The van der Waals surface area contributed by atoms with Crippen LogP contribution in [-0.2, 0) is 10.2 Å². The molecular formula is C19H24N2O2S. The molecule has 0 saturated heterocycles. The molecule has 1 N–H and O–H groups in total. The van der Waals surface area contributed by atoms with Crippen molar-refractivity contribution in [2.75, 3.05) is 18.0 Å². The van der Waals surface area contributed by atoms with Crippen LogP contribution in [0.3, 0.4) is 0 Å². The Morgan fingerprint density at radius 1 is 1.12 bits per heavy atom. The molecule has 2 rings (SSSR count). The van der Waals surface area contributed by atoms with E-state index in [9.17, 15) is 9.59 Å². The van der Waals surface area contributed by atoms with Crippen molar-refractivity contribution < 1.29 is 9.59 Å². The quantitative estimate of drug-likeness (QED) is 0.896. The summed E-state index contributed by atoms with van der Waals surface area (Å²) < 4.78 is 0. The van der Waals surface area contributed by atoms with Crippen LogP contribution in [0.1, 0.15) is 42.9 Å². The zero-order chi connectivity index (χ0) is 17.7. The number of carbonyl (C=O) groups excluding carboxylic acids is 2. The van der Waals surface area contributed by atoms with E-state index in [-0.39, 0.29) is 17.2 Å². The van der Waals surface area contributed by atoms with Crippen molar-refractivity contribution in [2.24, 2.45) is 0 Å². The summed E-state index contributed by atoms with van der Waals surface area (Å²) in [5, 5.41) is 4.75. The van der Waals surface area contributed by atoms with Gasteiger partial charge in [-0.1, -0.05) is 45.0 Å². The Bertz CT molecular complexity index is 702. The minimum Gasteiger partial charge on any atom is -0.350 e. The summed E-state index contributed by atoms with van der Waals surface area (Å²) in [6.45, 7) is 8.79. The molecule has 0 aliphatic heterocycles. The van der Waals surface area contributed by atoms with E-state index >= 15 is 0 Å². The number of thiophene rings is 1. The zero-order valence-electron chi connectivity index (χ0n) is 14.6. The lowest BCUT2D eigenvalue weighted by Gasteiger charge is -2.29. The van der Waals surface area contributed by atoms with Crippen LogP contribution in [0.25, 0.3) is 0 Å². The molecular weight excluding hydrogens is 320 g/mol. The van der Waals surface area contributed by atoms with E-state index in [4.69, 9.17) is 0 Å². The lowest BCUT2D eigenvalue weighted by Crippen LogP contribution is -2.38. The molecule has 0 bridgehead atoms. The lowest BCUT2D eigenvalue weighted by atomic mass is 9.85. The highest BCUT2D eigenvalue weighted by molar-refractivity contribution is 7.12. The summed E-state index contributed by atoms with van der Waals surface area (Å²) in [7, 11) is 0. The van der Waals surface area contributed by atoms with E-state index in [1.54, 1.807) is 17.9 Å². The largest absolute Gasteiger partial charge is 0.350 e. The zero-order valence-corrected chi connectivity index (χ0v) is 15.4. The Kier molecular flexibility index (Phi) is 5.78. The summed E-state index contributed by atoms with van der Waals surface area (Å²) in [6, 6.07) is 11.6. The topological polar surface area (TPSA) is 49.4 Å². The number of hydrogen-bond donors (Lipinski definition) is 1. The minimum atomic E-state index is -0.0994. The second kappa shape index (κ2) is 7.62. The molecule has 4 nitrogen and oxygen atoms in total. The van der Waals surface area contributed by atoms with Gasteiger partial charge in [0, 0.05) is 25.7 Å². The predicted octanol–water partition coefficient (Wildman–Crippen LogP) is 3.83. The maximum atomic E-state index is 12.1. The maximum absolute atomic E-state index is 12.1. The van der Waals surface area contributed by atoms with Gasteiger partial charge in [0.1, 0.15) is 0 Å². The number of rotatable bonds is 5. The van der Waals surface area contributed by atoms with Gasteiger partial charge in [-0.25, -0.2) is 0 Å². The normalized spacial score (nSPS) is 11.2. The summed E-state index contributed by atoms with van der Waals surface area (Å²) in [5.41, 5.74) is 1.96. The number of nitrogens with one attached hydrogen (secondary N) is 1. The molecule has 0 atom stereocenters. The van der Waals surface area contributed by atoms with Crippen molar-refractivity contribution in [1.29, 1.82) is 0 Å². The molecule has 0 unspecified atom stereocenters. The molecule has 1 aromatic heterocycles. The SMILES string of the molecule is CC(=O)N(CCNC(=O)c1cccs1)c1ccccc1C(C)(C)C. The smallest absolute Gasteiger partial charge is 0.261 e. The van der Waals surface area contributed by atoms with Gasteiger partial charge in [-0.3, -0.25) is 9.59 Å². The van der Waals surface area contributed by atoms with Gasteiger partial charge >= 0.3 is 0 Å². The molecule has 0 aliphatic rings. The molecule has 0 fully saturated rings. The van der Waals surface area contributed by atoms with Gasteiger partial charge in [-0.05, 0) is 28.5 Å². The number of carbonyl (C=O) groups is 2. The molecule has 0 radical (unpaired) electrons. The highest BCUT2D eigenvalue weighted by Gasteiger charge is 2.22. The molecule has 2 aromatic rings. The van der Waals surface area contributed by atoms with E-state index in [1.165, 1.54) is 11.3 Å². The van der Waals surface area contributed by atoms with Crippen LogP contribution in [0, 0.1) is 0 Å². The van der Waals surface area contributed by atoms with Gasteiger partial charge in [0.05, 0.1) is 4.88 Å². The van der Waals surface area contributed by atoms with E-state index in [2.05, 4.69) is 32.2 Å². The fourth-order valence-electron chi connectivity index (χ4n) is 2.57. The Morgan fingerprint density at radius 3 is 2.42 bits per heavy atom. The Labute approximate surface area is 147 Å². The maximum Gasteiger partial charge on any atom is 0.261 e.